The van der Waals surface area contributed by atoms with Crippen LogP contribution in [0.25, 0.3) is 5.69 Å². The number of hydrogen-bond donors (Lipinski definition) is 3. The molecule has 0 unspecified atom stereocenters. The third kappa shape index (κ3) is 4.89. The number of aliphatic hydroxyl groups excluding tert-OH is 1. The average molecular weight is 393 g/mol. The molecule has 0 saturated carbocycles. The minimum Gasteiger partial charge on any atom is -0.479 e. The molecule has 7 nitrogen and oxygen atoms in total. The first-order chi connectivity index (χ1) is 13.8. The highest BCUT2D eigenvalue weighted by molar-refractivity contribution is 5.95. The van der Waals surface area contributed by atoms with Crippen LogP contribution in [0.2, 0.25) is 0 Å². The van der Waals surface area contributed by atoms with Gasteiger partial charge < -0.3 is 15.5 Å². The summed E-state index contributed by atoms with van der Waals surface area (Å²) in [5, 5.41) is 26.4. The standard InChI is InChI=1S/C22H23N3O4/c1-14-11-15(2)25(24-14)18-10-6-9-17(13-18)21(27)23-19(20(26)22(28)29)12-16-7-4-3-5-8-16/h3-11,13,19-20,26H,12H2,1-2H3,(H,23,27)(H,28,29)/t19-,20-/m1/s1. The van der Waals surface area contributed by atoms with Gasteiger partial charge in [0.15, 0.2) is 6.10 Å². The maximum Gasteiger partial charge on any atom is 0.334 e. The Balaban J connectivity index is 1.83. The predicted molar refractivity (Wildman–Crippen MR) is 108 cm³/mol. The molecule has 1 amide bonds. The molecular formula is C22H23N3O4. The quantitative estimate of drug-likeness (QED) is 0.571. The highest BCUT2D eigenvalue weighted by Gasteiger charge is 2.28. The Morgan fingerprint density at radius 3 is 2.41 bits per heavy atom. The Kier molecular flexibility index (Phi) is 6.09. The second kappa shape index (κ2) is 8.70. The smallest absolute Gasteiger partial charge is 0.334 e. The zero-order valence-electron chi connectivity index (χ0n) is 16.2. The molecule has 29 heavy (non-hydrogen) atoms. The summed E-state index contributed by atoms with van der Waals surface area (Å²) in [5.41, 5.74) is 3.69. The first kappa shape index (κ1) is 20.3. The van der Waals surface area contributed by atoms with Crippen LogP contribution >= 0.6 is 0 Å². The fourth-order valence-corrected chi connectivity index (χ4v) is 3.20. The lowest BCUT2D eigenvalue weighted by Gasteiger charge is -2.22. The number of rotatable bonds is 7. The molecule has 7 heteroatoms. The highest BCUT2D eigenvalue weighted by Crippen LogP contribution is 2.15. The minimum atomic E-state index is -1.72. The number of aliphatic carboxylic acids is 1. The number of benzene rings is 2. The second-order valence-electron chi connectivity index (χ2n) is 6.94. The van der Waals surface area contributed by atoms with Crippen molar-refractivity contribution >= 4 is 11.9 Å². The van der Waals surface area contributed by atoms with E-state index in [9.17, 15) is 19.8 Å². The first-order valence-corrected chi connectivity index (χ1v) is 9.24. The van der Waals surface area contributed by atoms with Crippen LogP contribution in [0.15, 0.2) is 60.7 Å². The normalized spacial score (nSPS) is 12.9. The summed E-state index contributed by atoms with van der Waals surface area (Å²) in [6.45, 7) is 3.81. The number of carboxylic acid groups (broad SMARTS) is 1. The van der Waals surface area contributed by atoms with Crippen molar-refractivity contribution < 1.29 is 19.8 Å². The molecule has 150 valence electrons. The zero-order chi connectivity index (χ0) is 21.0. The summed E-state index contributed by atoms with van der Waals surface area (Å²) in [6.07, 6.45) is -1.53. The van der Waals surface area contributed by atoms with Crippen LogP contribution in [0.4, 0.5) is 0 Å². The second-order valence-corrected chi connectivity index (χ2v) is 6.94. The first-order valence-electron chi connectivity index (χ1n) is 9.24. The summed E-state index contributed by atoms with van der Waals surface area (Å²) in [6, 6.07) is 17.0. The third-order valence-electron chi connectivity index (χ3n) is 4.61. The van der Waals surface area contributed by atoms with Gasteiger partial charge in [-0.1, -0.05) is 36.4 Å². The monoisotopic (exact) mass is 393 g/mol. The number of nitrogens with zero attached hydrogens (tertiary/aromatic N) is 2. The van der Waals surface area contributed by atoms with Crippen molar-refractivity contribution in [2.75, 3.05) is 0 Å². The van der Waals surface area contributed by atoms with Crippen molar-refractivity contribution in [3.05, 3.63) is 83.2 Å². The Morgan fingerprint density at radius 2 is 1.79 bits per heavy atom. The van der Waals surface area contributed by atoms with Crippen molar-refractivity contribution in [3.63, 3.8) is 0 Å². The summed E-state index contributed by atoms with van der Waals surface area (Å²) in [7, 11) is 0. The van der Waals surface area contributed by atoms with Gasteiger partial charge in [-0.05, 0) is 50.1 Å². The largest absolute Gasteiger partial charge is 0.479 e. The number of aromatic nitrogens is 2. The minimum absolute atomic E-state index is 0.192. The van der Waals surface area contributed by atoms with Gasteiger partial charge in [0.25, 0.3) is 5.91 Å². The van der Waals surface area contributed by atoms with Gasteiger partial charge in [0.1, 0.15) is 0 Å². The number of carbonyl (C=O) groups is 2. The molecule has 0 radical (unpaired) electrons. The van der Waals surface area contributed by atoms with Crippen molar-refractivity contribution in [1.29, 1.82) is 0 Å². The van der Waals surface area contributed by atoms with E-state index in [2.05, 4.69) is 10.4 Å². The highest BCUT2D eigenvalue weighted by atomic mass is 16.4. The molecule has 0 saturated heterocycles. The molecule has 3 rings (SSSR count). The molecule has 0 spiro atoms. The molecule has 3 N–H and O–H groups in total. The van der Waals surface area contributed by atoms with Crippen molar-refractivity contribution in [1.82, 2.24) is 15.1 Å². The number of amides is 1. The van der Waals surface area contributed by atoms with E-state index in [1.165, 1.54) is 0 Å². The van der Waals surface area contributed by atoms with Crippen LogP contribution in [0.5, 0.6) is 0 Å². The number of carbonyl (C=O) groups excluding carboxylic acids is 1. The summed E-state index contributed by atoms with van der Waals surface area (Å²) < 4.78 is 1.74. The Labute approximate surface area is 168 Å². The Morgan fingerprint density at radius 1 is 1.07 bits per heavy atom. The van der Waals surface area contributed by atoms with Gasteiger partial charge in [-0.3, -0.25) is 4.79 Å². The van der Waals surface area contributed by atoms with Gasteiger partial charge in [0.05, 0.1) is 17.4 Å². The average Bonchev–Trinajstić information content (AvgIpc) is 3.05. The summed E-state index contributed by atoms with van der Waals surface area (Å²) >= 11 is 0. The van der Waals surface area contributed by atoms with E-state index in [4.69, 9.17) is 0 Å². The molecule has 1 heterocycles. The van der Waals surface area contributed by atoms with Crippen molar-refractivity contribution in [3.8, 4) is 5.69 Å². The molecule has 0 bridgehead atoms. The molecule has 1 aromatic heterocycles. The van der Waals surface area contributed by atoms with Gasteiger partial charge in [0, 0.05) is 11.3 Å². The lowest BCUT2D eigenvalue weighted by molar-refractivity contribution is -0.148. The van der Waals surface area contributed by atoms with Gasteiger partial charge in [-0.2, -0.15) is 5.10 Å². The fraction of sp³-hybridized carbons (Fsp3) is 0.227. The number of aryl methyl sites for hydroxylation is 2. The number of nitrogens with one attached hydrogen (secondary N) is 1. The van der Waals surface area contributed by atoms with E-state index < -0.39 is 24.0 Å². The molecular weight excluding hydrogens is 370 g/mol. The van der Waals surface area contributed by atoms with E-state index >= 15 is 0 Å². The maximum atomic E-state index is 12.8. The number of hydrogen-bond acceptors (Lipinski definition) is 4. The zero-order valence-corrected chi connectivity index (χ0v) is 16.2. The Hall–Kier alpha value is -3.45. The number of carboxylic acids is 1. The van der Waals surface area contributed by atoms with Gasteiger partial charge in [0.2, 0.25) is 0 Å². The van der Waals surface area contributed by atoms with E-state index in [0.717, 1.165) is 22.6 Å². The predicted octanol–water partition coefficient (Wildman–Crippen LogP) is 2.28. The third-order valence-corrected chi connectivity index (χ3v) is 4.61. The summed E-state index contributed by atoms with van der Waals surface area (Å²) in [4.78, 5) is 24.1. The van der Waals surface area contributed by atoms with E-state index in [0.29, 0.717) is 5.56 Å². The molecule has 3 aromatic rings. The summed E-state index contributed by atoms with van der Waals surface area (Å²) in [5.74, 6) is -1.85. The fourth-order valence-electron chi connectivity index (χ4n) is 3.20. The van der Waals surface area contributed by atoms with Crippen LogP contribution in [0.1, 0.15) is 27.3 Å². The molecule has 0 aliphatic carbocycles. The van der Waals surface area contributed by atoms with Crippen LogP contribution in [0.3, 0.4) is 0 Å². The molecule has 2 atom stereocenters. The van der Waals surface area contributed by atoms with E-state index in [1.807, 2.05) is 56.3 Å². The molecule has 0 aliphatic rings. The maximum absolute atomic E-state index is 12.8. The van der Waals surface area contributed by atoms with Crippen LogP contribution in [-0.2, 0) is 11.2 Å². The Bertz CT molecular complexity index is 1010. The van der Waals surface area contributed by atoms with E-state index in [-0.39, 0.29) is 6.42 Å². The van der Waals surface area contributed by atoms with Crippen molar-refractivity contribution in [2.45, 2.75) is 32.4 Å². The van der Waals surface area contributed by atoms with Crippen LogP contribution < -0.4 is 5.32 Å². The molecule has 0 fully saturated rings. The van der Waals surface area contributed by atoms with Crippen LogP contribution in [0, 0.1) is 13.8 Å². The molecule has 2 aromatic carbocycles. The lowest BCUT2D eigenvalue weighted by atomic mass is 10.0. The number of aliphatic hydroxyl groups is 1. The van der Waals surface area contributed by atoms with Crippen LogP contribution in [-0.4, -0.2) is 44.0 Å². The van der Waals surface area contributed by atoms with Gasteiger partial charge in [-0.15, -0.1) is 0 Å². The lowest BCUT2D eigenvalue weighted by Crippen LogP contribution is -2.48. The SMILES string of the molecule is Cc1cc(C)n(-c2cccc(C(=O)N[C@H](Cc3ccccc3)[C@@H](O)C(=O)O)c2)n1. The van der Waals surface area contributed by atoms with Gasteiger partial charge >= 0.3 is 5.97 Å². The van der Waals surface area contributed by atoms with Crippen molar-refractivity contribution in [2.24, 2.45) is 0 Å². The topological polar surface area (TPSA) is 104 Å². The molecule has 0 aliphatic heterocycles. The van der Waals surface area contributed by atoms with Gasteiger partial charge in [-0.25, -0.2) is 9.48 Å². The van der Waals surface area contributed by atoms with E-state index in [1.54, 1.807) is 22.9 Å².